The van der Waals surface area contributed by atoms with E-state index in [0.717, 1.165) is 36.3 Å². The SMILES string of the molecule is Cc1ccc(C)c(CC(=O)NCC2CCN(c3cnn(C)c(=O)c3)C2)c1. The molecule has 1 atom stereocenters. The number of anilines is 1. The fraction of sp³-hybridized carbons (Fsp3) is 0.450. The summed E-state index contributed by atoms with van der Waals surface area (Å²) < 4.78 is 1.32. The molecule has 1 aromatic carbocycles. The molecule has 0 saturated carbocycles. The van der Waals surface area contributed by atoms with Gasteiger partial charge in [0.2, 0.25) is 5.91 Å². The summed E-state index contributed by atoms with van der Waals surface area (Å²) in [6, 6.07) is 7.82. The Morgan fingerprint density at radius 1 is 1.31 bits per heavy atom. The van der Waals surface area contributed by atoms with E-state index >= 15 is 0 Å². The minimum atomic E-state index is -0.104. The van der Waals surface area contributed by atoms with E-state index in [4.69, 9.17) is 0 Å². The largest absolute Gasteiger partial charge is 0.370 e. The highest BCUT2D eigenvalue weighted by Crippen LogP contribution is 2.21. The Balaban J connectivity index is 1.51. The number of rotatable bonds is 5. The zero-order valence-electron chi connectivity index (χ0n) is 15.7. The first-order valence-corrected chi connectivity index (χ1v) is 9.03. The second-order valence-electron chi connectivity index (χ2n) is 7.19. The molecule has 0 bridgehead atoms. The lowest BCUT2D eigenvalue weighted by atomic mass is 10.0. The summed E-state index contributed by atoms with van der Waals surface area (Å²) in [5.41, 5.74) is 4.16. The van der Waals surface area contributed by atoms with Crippen molar-refractivity contribution in [3.8, 4) is 0 Å². The molecule has 1 saturated heterocycles. The summed E-state index contributed by atoms with van der Waals surface area (Å²) in [6.07, 6.45) is 3.14. The van der Waals surface area contributed by atoms with Crippen LogP contribution < -0.4 is 15.8 Å². The standard InChI is InChI=1S/C20H26N4O2/c1-14-4-5-15(2)17(8-14)9-19(25)21-11-16-6-7-24(13-16)18-10-20(26)23(3)22-12-18/h4-5,8,10,12,16H,6-7,9,11,13H2,1-3H3,(H,21,25). The predicted octanol–water partition coefficient (Wildman–Crippen LogP) is 1.58. The van der Waals surface area contributed by atoms with Crippen LogP contribution in [0.15, 0.2) is 35.3 Å². The minimum absolute atomic E-state index is 0.0624. The van der Waals surface area contributed by atoms with Gasteiger partial charge >= 0.3 is 0 Å². The number of hydrogen-bond acceptors (Lipinski definition) is 4. The molecule has 1 aromatic heterocycles. The van der Waals surface area contributed by atoms with E-state index in [2.05, 4.69) is 33.5 Å². The smallest absolute Gasteiger partial charge is 0.268 e. The number of nitrogens with one attached hydrogen (secondary N) is 1. The highest BCUT2D eigenvalue weighted by molar-refractivity contribution is 5.79. The van der Waals surface area contributed by atoms with Crippen LogP contribution in [0.5, 0.6) is 0 Å². The van der Waals surface area contributed by atoms with Crippen molar-refractivity contribution < 1.29 is 4.79 Å². The summed E-state index contributed by atoms with van der Waals surface area (Å²) in [5, 5.41) is 7.14. The predicted molar refractivity (Wildman–Crippen MR) is 102 cm³/mol. The second-order valence-corrected chi connectivity index (χ2v) is 7.19. The molecule has 1 fully saturated rings. The first-order chi connectivity index (χ1) is 12.4. The molecule has 0 radical (unpaired) electrons. The number of nitrogens with zero attached hydrogens (tertiary/aromatic N) is 3. The fourth-order valence-corrected chi connectivity index (χ4v) is 3.35. The van der Waals surface area contributed by atoms with E-state index in [9.17, 15) is 9.59 Å². The lowest BCUT2D eigenvalue weighted by molar-refractivity contribution is -0.120. The van der Waals surface area contributed by atoms with Crippen LogP contribution in [0.4, 0.5) is 5.69 Å². The number of amides is 1. The molecule has 2 heterocycles. The van der Waals surface area contributed by atoms with Gasteiger partial charge in [-0.1, -0.05) is 23.8 Å². The second kappa shape index (κ2) is 7.72. The van der Waals surface area contributed by atoms with Crippen LogP contribution in [0.25, 0.3) is 0 Å². The van der Waals surface area contributed by atoms with E-state index in [1.165, 1.54) is 10.2 Å². The minimum Gasteiger partial charge on any atom is -0.370 e. The Morgan fingerprint density at radius 2 is 2.12 bits per heavy atom. The number of aromatic nitrogens is 2. The van der Waals surface area contributed by atoms with Crippen molar-refractivity contribution in [1.82, 2.24) is 15.1 Å². The molecule has 6 heteroatoms. The van der Waals surface area contributed by atoms with Gasteiger partial charge in [-0.3, -0.25) is 9.59 Å². The molecule has 138 valence electrons. The van der Waals surface area contributed by atoms with Gasteiger partial charge in [-0.15, -0.1) is 0 Å². The van der Waals surface area contributed by atoms with Gasteiger partial charge in [-0.05, 0) is 37.3 Å². The average Bonchev–Trinajstić information content (AvgIpc) is 3.08. The van der Waals surface area contributed by atoms with Crippen molar-refractivity contribution in [3.05, 3.63) is 57.5 Å². The van der Waals surface area contributed by atoms with E-state index < -0.39 is 0 Å². The van der Waals surface area contributed by atoms with Crippen molar-refractivity contribution in [1.29, 1.82) is 0 Å². The zero-order valence-corrected chi connectivity index (χ0v) is 15.7. The molecule has 1 aliphatic rings. The maximum atomic E-state index is 12.3. The molecule has 0 spiro atoms. The van der Waals surface area contributed by atoms with E-state index in [1.807, 2.05) is 13.8 Å². The van der Waals surface area contributed by atoms with Gasteiger partial charge in [0.15, 0.2) is 0 Å². The summed E-state index contributed by atoms with van der Waals surface area (Å²) in [5.74, 6) is 0.453. The zero-order chi connectivity index (χ0) is 18.7. The molecule has 3 rings (SSSR count). The van der Waals surface area contributed by atoms with Gasteiger partial charge < -0.3 is 10.2 Å². The summed E-state index contributed by atoms with van der Waals surface area (Å²) >= 11 is 0. The van der Waals surface area contributed by atoms with Crippen LogP contribution in [0.3, 0.4) is 0 Å². The topological polar surface area (TPSA) is 67.2 Å². The monoisotopic (exact) mass is 354 g/mol. The normalized spacial score (nSPS) is 16.7. The lowest BCUT2D eigenvalue weighted by Crippen LogP contribution is -2.32. The van der Waals surface area contributed by atoms with Crippen molar-refractivity contribution >= 4 is 11.6 Å². The van der Waals surface area contributed by atoms with E-state index in [1.54, 1.807) is 19.3 Å². The first kappa shape index (κ1) is 18.2. The van der Waals surface area contributed by atoms with Crippen LogP contribution in [-0.4, -0.2) is 35.3 Å². The van der Waals surface area contributed by atoms with Gasteiger partial charge in [0.05, 0.1) is 18.3 Å². The molecular formula is C20H26N4O2. The van der Waals surface area contributed by atoms with Crippen LogP contribution in [0.2, 0.25) is 0 Å². The fourth-order valence-electron chi connectivity index (χ4n) is 3.35. The Kier molecular flexibility index (Phi) is 5.40. The third-order valence-corrected chi connectivity index (χ3v) is 5.05. The van der Waals surface area contributed by atoms with Crippen LogP contribution in [-0.2, 0) is 18.3 Å². The molecule has 1 N–H and O–H groups in total. The highest BCUT2D eigenvalue weighted by Gasteiger charge is 2.23. The maximum absolute atomic E-state index is 12.3. The van der Waals surface area contributed by atoms with Gasteiger partial charge in [-0.25, -0.2) is 4.68 Å². The average molecular weight is 354 g/mol. The lowest BCUT2D eigenvalue weighted by Gasteiger charge is -2.18. The summed E-state index contributed by atoms with van der Waals surface area (Å²) in [6.45, 7) is 6.46. The van der Waals surface area contributed by atoms with E-state index in [0.29, 0.717) is 18.9 Å². The summed E-state index contributed by atoms with van der Waals surface area (Å²) in [4.78, 5) is 26.2. The molecule has 0 aliphatic carbocycles. The molecule has 1 amide bonds. The molecule has 26 heavy (non-hydrogen) atoms. The Hall–Kier alpha value is -2.63. The van der Waals surface area contributed by atoms with Gasteiger partial charge in [0.25, 0.3) is 5.56 Å². The number of hydrogen-bond donors (Lipinski definition) is 1. The third kappa shape index (κ3) is 4.31. The molecule has 2 aromatic rings. The Bertz CT molecular complexity index is 859. The third-order valence-electron chi connectivity index (χ3n) is 5.05. The Morgan fingerprint density at radius 3 is 2.88 bits per heavy atom. The van der Waals surface area contributed by atoms with Crippen molar-refractivity contribution in [3.63, 3.8) is 0 Å². The van der Waals surface area contributed by atoms with Gasteiger partial charge in [0.1, 0.15) is 0 Å². The Labute approximate surface area is 153 Å². The number of carbonyl (C=O) groups is 1. The van der Waals surface area contributed by atoms with Crippen molar-refractivity contribution in [2.75, 3.05) is 24.5 Å². The number of benzene rings is 1. The van der Waals surface area contributed by atoms with Gasteiger partial charge in [0, 0.05) is 32.7 Å². The first-order valence-electron chi connectivity index (χ1n) is 9.03. The highest BCUT2D eigenvalue weighted by atomic mass is 16.1. The summed E-state index contributed by atoms with van der Waals surface area (Å²) in [7, 11) is 1.64. The van der Waals surface area contributed by atoms with Crippen molar-refractivity contribution in [2.45, 2.75) is 26.7 Å². The molecule has 1 aliphatic heterocycles. The van der Waals surface area contributed by atoms with Crippen LogP contribution >= 0.6 is 0 Å². The quantitative estimate of drug-likeness (QED) is 0.885. The molecular weight excluding hydrogens is 328 g/mol. The van der Waals surface area contributed by atoms with E-state index in [-0.39, 0.29) is 11.5 Å². The number of aryl methyl sites for hydroxylation is 3. The molecule has 6 nitrogen and oxygen atoms in total. The number of carbonyl (C=O) groups excluding carboxylic acids is 1. The molecule has 1 unspecified atom stereocenters. The van der Waals surface area contributed by atoms with Crippen LogP contribution in [0, 0.1) is 19.8 Å². The van der Waals surface area contributed by atoms with Crippen molar-refractivity contribution in [2.24, 2.45) is 13.0 Å². The van der Waals surface area contributed by atoms with Crippen LogP contribution in [0.1, 0.15) is 23.1 Å². The maximum Gasteiger partial charge on any atom is 0.268 e. The van der Waals surface area contributed by atoms with Gasteiger partial charge in [-0.2, -0.15) is 5.10 Å².